The molecule has 1 aromatic carbocycles. The van der Waals surface area contributed by atoms with Gasteiger partial charge in [0.25, 0.3) is 11.8 Å². The highest BCUT2D eigenvalue weighted by molar-refractivity contribution is 6.01. The van der Waals surface area contributed by atoms with Crippen molar-refractivity contribution in [1.29, 1.82) is 0 Å². The number of ether oxygens (including phenoxy) is 1. The number of carbonyl (C=O) groups excluding carboxylic acids is 2. The lowest BCUT2D eigenvalue weighted by Gasteiger charge is -2.22. The zero-order valence-electron chi connectivity index (χ0n) is 15.9. The van der Waals surface area contributed by atoms with Crippen LogP contribution in [0, 0.1) is 11.6 Å². The normalized spacial score (nSPS) is 20.7. The summed E-state index contributed by atoms with van der Waals surface area (Å²) < 4.78 is 34.5. The number of hydrogen-bond acceptors (Lipinski definition) is 5. The summed E-state index contributed by atoms with van der Waals surface area (Å²) >= 11 is 0. The number of amides is 2. The Balaban J connectivity index is 1.49. The molecule has 2 N–H and O–H groups in total. The van der Waals surface area contributed by atoms with Crippen LogP contribution in [0.15, 0.2) is 12.1 Å². The number of carbonyl (C=O) groups is 2. The molecular formula is C19H21F2N5O3. The minimum atomic E-state index is -1.11. The number of hydrogen-bond donors (Lipinski definition) is 2. The largest absolute Gasteiger partial charge is 0.488 e. The second-order valence-corrected chi connectivity index (χ2v) is 7.22. The van der Waals surface area contributed by atoms with Crippen LogP contribution in [-0.4, -0.2) is 39.2 Å². The van der Waals surface area contributed by atoms with Crippen molar-refractivity contribution in [3.05, 3.63) is 35.4 Å². The van der Waals surface area contributed by atoms with Gasteiger partial charge in [-0.2, -0.15) is 0 Å². The van der Waals surface area contributed by atoms with Crippen molar-refractivity contribution in [3.63, 3.8) is 0 Å². The van der Waals surface area contributed by atoms with Crippen molar-refractivity contribution < 1.29 is 23.1 Å². The van der Waals surface area contributed by atoms with E-state index in [0.29, 0.717) is 6.07 Å². The molecule has 154 valence electrons. The molecule has 0 radical (unpaired) electrons. The highest BCUT2D eigenvalue weighted by atomic mass is 19.1. The Hall–Kier alpha value is -3.04. The van der Waals surface area contributed by atoms with Crippen LogP contribution in [0.25, 0.3) is 0 Å². The number of rotatable bonds is 4. The molecule has 0 fully saturated rings. The maximum atomic E-state index is 13.9. The molecule has 10 heteroatoms. The molecule has 0 aliphatic carbocycles. The van der Waals surface area contributed by atoms with Gasteiger partial charge < -0.3 is 15.4 Å². The van der Waals surface area contributed by atoms with Gasteiger partial charge in [0.2, 0.25) is 5.82 Å². The lowest BCUT2D eigenvalue weighted by Crippen LogP contribution is -2.46. The van der Waals surface area contributed by atoms with E-state index in [0.717, 1.165) is 44.0 Å². The van der Waals surface area contributed by atoms with Gasteiger partial charge in [0.1, 0.15) is 35.7 Å². The fourth-order valence-electron chi connectivity index (χ4n) is 3.71. The first-order valence-corrected chi connectivity index (χ1v) is 9.65. The molecule has 0 saturated carbocycles. The second-order valence-electron chi connectivity index (χ2n) is 7.22. The van der Waals surface area contributed by atoms with E-state index in [2.05, 4.69) is 27.6 Å². The van der Waals surface area contributed by atoms with Crippen LogP contribution in [0.2, 0.25) is 0 Å². The fraction of sp³-hybridized carbons (Fsp3) is 0.474. The second kappa shape index (κ2) is 7.76. The van der Waals surface area contributed by atoms with E-state index >= 15 is 0 Å². The number of halogens is 2. The van der Waals surface area contributed by atoms with E-state index in [-0.39, 0.29) is 29.9 Å². The van der Waals surface area contributed by atoms with Crippen molar-refractivity contribution in [1.82, 2.24) is 20.1 Å². The van der Waals surface area contributed by atoms with Gasteiger partial charge >= 0.3 is 0 Å². The molecule has 0 saturated heterocycles. The van der Waals surface area contributed by atoms with Crippen molar-refractivity contribution >= 4 is 17.5 Å². The molecule has 29 heavy (non-hydrogen) atoms. The third kappa shape index (κ3) is 3.79. The SMILES string of the molecule is CCCC1CCCc2nc(C(=O)N[C@H]3COc4cc(F)cc(F)c4NC3=O)nn21. The average Bonchev–Trinajstić information content (AvgIpc) is 3.06. The minimum Gasteiger partial charge on any atom is -0.488 e. The zero-order chi connectivity index (χ0) is 20.5. The Bertz CT molecular complexity index is 962. The molecule has 1 unspecified atom stereocenters. The summed E-state index contributed by atoms with van der Waals surface area (Å²) in [5.41, 5.74) is -0.258. The van der Waals surface area contributed by atoms with Gasteiger partial charge in [0, 0.05) is 18.6 Å². The molecule has 3 heterocycles. The van der Waals surface area contributed by atoms with Crippen LogP contribution in [0.4, 0.5) is 14.5 Å². The van der Waals surface area contributed by atoms with E-state index in [9.17, 15) is 18.4 Å². The molecule has 0 bridgehead atoms. The summed E-state index contributed by atoms with van der Waals surface area (Å²) in [5.74, 6) is -2.47. The fourth-order valence-corrected chi connectivity index (χ4v) is 3.71. The van der Waals surface area contributed by atoms with Gasteiger partial charge in [-0.1, -0.05) is 13.3 Å². The smallest absolute Gasteiger partial charge is 0.291 e. The van der Waals surface area contributed by atoms with Crippen LogP contribution in [0.1, 0.15) is 55.1 Å². The van der Waals surface area contributed by atoms with Gasteiger partial charge in [-0.25, -0.2) is 18.4 Å². The van der Waals surface area contributed by atoms with E-state index in [4.69, 9.17) is 4.74 Å². The quantitative estimate of drug-likeness (QED) is 0.814. The number of fused-ring (bicyclic) bond motifs is 2. The van der Waals surface area contributed by atoms with Gasteiger partial charge in [-0.05, 0) is 19.3 Å². The van der Waals surface area contributed by atoms with E-state index < -0.39 is 29.5 Å². The molecule has 2 aliphatic rings. The van der Waals surface area contributed by atoms with Crippen LogP contribution >= 0.6 is 0 Å². The van der Waals surface area contributed by atoms with Gasteiger partial charge in [0.15, 0.2) is 5.82 Å². The highest BCUT2D eigenvalue weighted by Gasteiger charge is 2.31. The van der Waals surface area contributed by atoms with Crippen molar-refractivity contribution in [2.45, 2.75) is 51.1 Å². The standard InChI is InChI=1S/C19H21F2N5O3/c1-2-4-11-5-3-6-15-23-17(25-26(11)15)19(28)22-13-9-29-14-8-10(20)7-12(21)16(14)24-18(13)27/h7-8,11,13H,2-6,9H2,1H3,(H,22,28)(H,24,27)/t11?,13-/m0/s1. The zero-order valence-corrected chi connectivity index (χ0v) is 15.9. The van der Waals surface area contributed by atoms with Crippen LogP contribution < -0.4 is 15.4 Å². The summed E-state index contributed by atoms with van der Waals surface area (Å²) in [6, 6.07) is 0.731. The lowest BCUT2D eigenvalue weighted by molar-refractivity contribution is -0.118. The molecule has 1 aromatic heterocycles. The van der Waals surface area contributed by atoms with Gasteiger partial charge in [-0.15, -0.1) is 5.10 Å². The van der Waals surface area contributed by atoms with Gasteiger partial charge in [-0.3, -0.25) is 9.59 Å². The molecule has 2 atom stereocenters. The molecule has 8 nitrogen and oxygen atoms in total. The number of nitrogens with one attached hydrogen (secondary N) is 2. The maximum absolute atomic E-state index is 13.9. The Morgan fingerprint density at radius 3 is 3.03 bits per heavy atom. The Labute approximate surface area is 165 Å². The van der Waals surface area contributed by atoms with Crippen LogP contribution in [0.3, 0.4) is 0 Å². The summed E-state index contributed by atoms with van der Waals surface area (Å²) in [5, 5.41) is 9.19. The molecule has 4 rings (SSSR count). The first-order valence-electron chi connectivity index (χ1n) is 9.65. The monoisotopic (exact) mass is 405 g/mol. The Morgan fingerprint density at radius 1 is 1.41 bits per heavy atom. The Morgan fingerprint density at radius 2 is 2.24 bits per heavy atom. The molecule has 0 spiro atoms. The molecule has 2 amide bonds. The topological polar surface area (TPSA) is 98.1 Å². The average molecular weight is 405 g/mol. The highest BCUT2D eigenvalue weighted by Crippen LogP contribution is 2.31. The lowest BCUT2D eigenvalue weighted by atomic mass is 10.0. The summed E-state index contributed by atoms with van der Waals surface area (Å²) in [7, 11) is 0. The molecule has 2 aliphatic heterocycles. The Kier molecular flexibility index (Phi) is 5.16. The van der Waals surface area contributed by atoms with Crippen LogP contribution in [0.5, 0.6) is 5.75 Å². The van der Waals surface area contributed by atoms with E-state index in [1.54, 1.807) is 4.68 Å². The number of anilines is 1. The first kappa shape index (κ1) is 19.3. The van der Waals surface area contributed by atoms with Crippen molar-refractivity contribution in [2.75, 3.05) is 11.9 Å². The number of nitrogens with zero attached hydrogens (tertiary/aromatic N) is 3. The van der Waals surface area contributed by atoms with E-state index in [1.165, 1.54) is 0 Å². The summed E-state index contributed by atoms with van der Waals surface area (Å²) in [6.45, 7) is 1.82. The molecule has 2 aromatic rings. The van der Waals surface area contributed by atoms with Crippen molar-refractivity contribution in [3.8, 4) is 5.75 Å². The van der Waals surface area contributed by atoms with Crippen LogP contribution in [-0.2, 0) is 11.2 Å². The summed E-state index contributed by atoms with van der Waals surface area (Å²) in [6.07, 6.45) is 4.68. The van der Waals surface area contributed by atoms with Gasteiger partial charge in [0.05, 0.1) is 6.04 Å². The van der Waals surface area contributed by atoms with Crippen molar-refractivity contribution in [2.24, 2.45) is 0 Å². The third-order valence-corrected chi connectivity index (χ3v) is 5.10. The number of benzene rings is 1. The minimum absolute atomic E-state index is 0.0187. The third-order valence-electron chi connectivity index (χ3n) is 5.10. The molecular weight excluding hydrogens is 384 g/mol. The maximum Gasteiger partial charge on any atom is 0.291 e. The number of aryl methyl sites for hydroxylation is 1. The predicted octanol–water partition coefficient (Wildman–Crippen LogP) is 2.36. The predicted molar refractivity (Wildman–Crippen MR) is 98.6 cm³/mol. The van der Waals surface area contributed by atoms with E-state index in [1.807, 2.05) is 0 Å². The number of aromatic nitrogens is 3. The summed E-state index contributed by atoms with van der Waals surface area (Å²) in [4.78, 5) is 29.3. The first-order chi connectivity index (χ1) is 14.0.